The zero-order chi connectivity index (χ0) is 9.26. The second-order valence-electron chi connectivity index (χ2n) is 3.34. The summed E-state index contributed by atoms with van der Waals surface area (Å²) < 4.78 is 0. The molecule has 1 unspecified atom stereocenters. The second-order valence-corrected chi connectivity index (χ2v) is 4.48. The number of nitrogens with one attached hydrogen (secondary N) is 1. The Morgan fingerprint density at radius 1 is 1.46 bits per heavy atom. The zero-order valence-electron chi connectivity index (χ0n) is 7.53. The van der Waals surface area contributed by atoms with Crippen molar-refractivity contribution in [3.8, 4) is 5.75 Å². The standard InChI is InChI=1S/C10H13NOS/c1-7-6-13-10(11-7)8-4-2-3-5-9(8)12/h2-5,7,10-12H,6H2,1H3/t7-,10?/m1/s1. The third kappa shape index (κ3) is 1.81. The molecule has 70 valence electrons. The van der Waals surface area contributed by atoms with Crippen LogP contribution in [0.5, 0.6) is 5.75 Å². The Bertz CT molecular complexity index is 303. The second kappa shape index (κ2) is 3.60. The van der Waals surface area contributed by atoms with Crippen LogP contribution in [0, 0.1) is 0 Å². The van der Waals surface area contributed by atoms with Crippen LogP contribution in [0.2, 0.25) is 0 Å². The van der Waals surface area contributed by atoms with Crippen molar-refractivity contribution in [2.24, 2.45) is 0 Å². The van der Waals surface area contributed by atoms with Gasteiger partial charge in [0.15, 0.2) is 0 Å². The van der Waals surface area contributed by atoms with E-state index in [4.69, 9.17) is 0 Å². The van der Waals surface area contributed by atoms with E-state index in [1.165, 1.54) is 0 Å². The molecule has 3 heteroatoms. The predicted molar refractivity (Wildman–Crippen MR) is 55.9 cm³/mol. The van der Waals surface area contributed by atoms with Gasteiger partial charge in [-0.3, -0.25) is 5.32 Å². The number of benzene rings is 1. The molecule has 1 saturated heterocycles. The molecule has 1 aromatic rings. The van der Waals surface area contributed by atoms with Crippen molar-refractivity contribution < 1.29 is 5.11 Å². The number of phenolic OH excluding ortho intramolecular Hbond substituents is 1. The molecular weight excluding hydrogens is 182 g/mol. The normalized spacial score (nSPS) is 27.8. The number of thioether (sulfide) groups is 1. The van der Waals surface area contributed by atoms with Gasteiger partial charge in [-0.15, -0.1) is 11.8 Å². The summed E-state index contributed by atoms with van der Waals surface area (Å²) in [6, 6.07) is 8.05. The molecular formula is C10H13NOS. The maximum absolute atomic E-state index is 9.60. The summed E-state index contributed by atoms with van der Waals surface area (Å²) in [5.74, 6) is 1.50. The van der Waals surface area contributed by atoms with E-state index in [0.717, 1.165) is 11.3 Å². The Morgan fingerprint density at radius 2 is 2.23 bits per heavy atom. The van der Waals surface area contributed by atoms with Crippen LogP contribution in [-0.2, 0) is 0 Å². The number of para-hydroxylation sites is 1. The van der Waals surface area contributed by atoms with Crippen molar-refractivity contribution in [3.05, 3.63) is 29.8 Å². The first kappa shape index (κ1) is 8.91. The minimum Gasteiger partial charge on any atom is -0.508 e. The van der Waals surface area contributed by atoms with Gasteiger partial charge in [0.05, 0.1) is 5.37 Å². The number of aromatic hydroxyl groups is 1. The van der Waals surface area contributed by atoms with E-state index in [1.807, 2.05) is 30.0 Å². The monoisotopic (exact) mass is 195 g/mol. The number of rotatable bonds is 1. The summed E-state index contributed by atoms with van der Waals surface area (Å²) in [7, 11) is 0. The van der Waals surface area contributed by atoms with Gasteiger partial charge in [0.1, 0.15) is 5.75 Å². The molecule has 2 nitrogen and oxygen atoms in total. The molecule has 0 saturated carbocycles. The van der Waals surface area contributed by atoms with Crippen molar-refractivity contribution in [1.82, 2.24) is 5.32 Å². The quantitative estimate of drug-likeness (QED) is 0.720. The van der Waals surface area contributed by atoms with Gasteiger partial charge in [-0.25, -0.2) is 0 Å². The van der Waals surface area contributed by atoms with Crippen molar-refractivity contribution in [2.75, 3.05) is 5.75 Å². The van der Waals surface area contributed by atoms with Crippen LogP contribution in [0.3, 0.4) is 0 Å². The molecule has 0 aliphatic carbocycles. The fourth-order valence-corrected chi connectivity index (χ4v) is 2.77. The molecule has 1 fully saturated rings. The van der Waals surface area contributed by atoms with Gasteiger partial charge in [-0.2, -0.15) is 0 Å². The lowest BCUT2D eigenvalue weighted by molar-refractivity contribution is 0.462. The van der Waals surface area contributed by atoms with Gasteiger partial charge in [0.2, 0.25) is 0 Å². The topological polar surface area (TPSA) is 32.3 Å². The molecule has 0 amide bonds. The van der Waals surface area contributed by atoms with Gasteiger partial charge in [0.25, 0.3) is 0 Å². The zero-order valence-corrected chi connectivity index (χ0v) is 8.34. The third-order valence-electron chi connectivity index (χ3n) is 2.17. The van der Waals surface area contributed by atoms with E-state index in [9.17, 15) is 5.11 Å². The van der Waals surface area contributed by atoms with Crippen LogP contribution in [0.25, 0.3) is 0 Å². The van der Waals surface area contributed by atoms with E-state index in [-0.39, 0.29) is 5.37 Å². The summed E-state index contributed by atoms with van der Waals surface area (Å²) in [5.41, 5.74) is 0.997. The first-order chi connectivity index (χ1) is 6.27. The minimum absolute atomic E-state index is 0.260. The molecule has 0 spiro atoms. The smallest absolute Gasteiger partial charge is 0.121 e. The fraction of sp³-hybridized carbons (Fsp3) is 0.400. The number of hydrogen-bond acceptors (Lipinski definition) is 3. The lowest BCUT2D eigenvalue weighted by atomic mass is 10.2. The molecule has 0 bridgehead atoms. The fourth-order valence-electron chi connectivity index (χ4n) is 1.48. The Labute approximate surface area is 82.4 Å². The largest absolute Gasteiger partial charge is 0.508 e. The predicted octanol–water partition coefficient (Wildman–Crippen LogP) is 2.12. The van der Waals surface area contributed by atoms with Gasteiger partial charge in [0, 0.05) is 17.4 Å². The third-order valence-corrected chi connectivity index (χ3v) is 3.58. The summed E-state index contributed by atoms with van der Waals surface area (Å²) in [5, 5.41) is 13.3. The Kier molecular flexibility index (Phi) is 2.47. The molecule has 0 aromatic heterocycles. The molecule has 1 aliphatic rings. The van der Waals surface area contributed by atoms with Crippen LogP contribution < -0.4 is 5.32 Å². The maximum Gasteiger partial charge on any atom is 0.121 e. The average molecular weight is 195 g/mol. The first-order valence-corrected chi connectivity index (χ1v) is 5.48. The van der Waals surface area contributed by atoms with E-state index >= 15 is 0 Å². The molecule has 2 rings (SSSR count). The summed E-state index contributed by atoms with van der Waals surface area (Å²) in [6.45, 7) is 2.16. The highest BCUT2D eigenvalue weighted by molar-refractivity contribution is 7.99. The van der Waals surface area contributed by atoms with Crippen molar-refractivity contribution >= 4 is 11.8 Å². The van der Waals surface area contributed by atoms with E-state index in [2.05, 4.69) is 12.2 Å². The molecule has 2 atom stereocenters. The molecule has 1 aromatic carbocycles. The van der Waals surface area contributed by atoms with Crippen LogP contribution in [0.1, 0.15) is 17.9 Å². The minimum atomic E-state index is 0.260. The Hall–Kier alpha value is -0.670. The molecule has 1 heterocycles. The van der Waals surface area contributed by atoms with Crippen LogP contribution in [-0.4, -0.2) is 16.9 Å². The molecule has 13 heavy (non-hydrogen) atoms. The van der Waals surface area contributed by atoms with Gasteiger partial charge in [-0.05, 0) is 13.0 Å². The lowest BCUT2D eigenvalue weighted by Gasteiger charge is -2.12. The summed E-state index contributed by atoms with van der Waals surface area (Å²) in [6.07, 6.45) is 0. The van der Waals surface area contributed by atoms with Crippen LogP contribution in [0.4, 0.5) is 0 Å². The highest BCUT2D eigenvalue weighted by Crippen LogP contribution is 2.36. The Morgan fingerprint density at radius 3 is 2.85 bits per heavy atom. The van der Waals surface area contributed by atoms with Crippen molar-refractivity contribution in [3.63, 3.8) is 0 Å². The maximum atomic E-state index is 9.60. The van der Waals surface area contributed by atoms with Crippen molar-refractivity contribution in [1.29, 1.82) is 0 Å². The Balaban J connectivity index is 2.21. The van der Waals surface area contributed by atoms with E-state index in [0.29, 0.717) is 11.8 Å². The van der Waals surface area contributed by atoms with Crippen LogP contribution in [0.15, 0.2) is 24.3 Å². The molecule has 0 radical (unpaired) electrons. The average Bonchev–Trinajstić information content (AvgIpc) is 2.53. The highest BCUT2D eigenvalue weighted by Gasteiger charge is 2.23. The van der Waals surface area contributed by atoms with Gasteiger partial charge < -0.3 is 5.11 Å². The molecule has 1 aliphatic heterocycles. The highest BCUT2D eigenvalue weighted by atomic mass is 32.2. The van der Waals surface area contributed by atoms with Gasteiger partial charge in [-0.1, -0.05) is 18.2 Å². The molecule has 2 N–H and O–H groups in total. The van der Waals surface area contributed by atoms with Gasteiger partial charge >= 0.3 is 0 Å². The SMILES string of the molecule is C[C@@H]1CSC(c2ccccc2O)N1. The van der Waals surface area contributed by atoms with E-state index in [1.54, 1.807) is 6.07 Å². The first-order valence-electron chi connectivity index (χ1n) is 4.43. The summed E-state index contributed by atoms with van der Waals surface area (Å²) >= 11 is 1.85. The lowest BCUT2D eigenvalue weighted by Crippen LogP contribution is -2.21. The van der Waals surface area contributed by atoms with Crippen molar-refractivity contribution in [2.45, 2.75) is 18.3 Å². The van der Waals surface area contributed by atoms with E-state index < -0.39 is 0 Å². The number of phenols is 1. The summed E-state index contributed by atoms with van der Waals surface area (Å²) in [4.78, 5) is 0. The number of hydrogen-bond donors (Lipinski definition) is 2. The van der Waals surface area contributed by atoms with Crippen LogP contribution >= 0.6 is 11.8 Å².